The number of cyclic esters (lactones) is 1. The maximum Gasteiger partial charge on any atom is 0.333 e. The Balaban J connectivity index is 2.37. The van der Waals surface area contributed by atoms with Crippen LogP contribution in [-0.2, 0) is 23.8 Å². The molecular formula is C13H18O5. The van der Waals surface area contributed by atoms with Gasteiger partial charge in [-0.15, -0.1) is 0 Å². The lowest BCUT2D eigenvalue weighted by molar-refractivity contribution is -0.162. The van der Waals surface area contributed by atoms with Gasteiger partial charge in [0.1, 0.15) is 0 Å². The van der Waals surface area contributed by atoms with Crippen LogP contribution in [0.2, 0.25) is 0 Å². The Hall–Kier alpha value is -1.36. The first-order chi connectivity index (χ1) is 8.51. The van der Waals surface area contributed by atoms with Gasteiger partial charge in [-0.25, -0.2) is 4.79 Å². The standard InChI is InChI=1S/C13H18O5/c1-6(2)7-5-8(11(14)16-3)10-9(7)12(15)18-13(10)17-4/h5-7,9-10,13H,1-4H3/t7-,9+,10-,13-/m1/s1. The van der Waals surface area contributed by atoms with Crippen LogP contribution in [0.1, 0.15) is 13.8 Å². The molecule has 5 nitrogen and oxygen atoms in total. The maximum atomic E-state index is 11.9. The molecule has 1 saturated heterocycles. The Labute approximate surface area is 106 Å². The molecule has 2 rings (SSSR count). The van der Waals surface area contributed by atoms with Gasteiger partial charge in [-0.2, -0.15) is 0 Å². The topological polar surface area (TPSA) is 61.8 Å². The number of rotatable bonds is 3. The molecule has 18 heavy (non-hydrogen) atoms. The maximum absolute atomic E-state index is 11.9. The van der Waals surface area contributed by atoms with Gasteiger partial charge in [-0.1, -0.05) is 19.9 Å². The molecule has 0 N–H and O–H groups in total. The van der Waals surface area contributed by atoms with Gasteiger partial charge in [-0.3, -0.25) is 4.79 Å². The lowest BCUT2D eigenvalue weighted by Crippen LogP contribution is -2.27. The molecule has 0 aromatic carbocycles. The number of hydrogen-bond acceptors (Lipinski definition) is 5. The van der Waals surface area contributed by atoms with E-state index in [0.29, 0.717) is 5.57 Å². The van der Waals surface area contributed by atoms with Crippen molar-refractivity contribution in [2.45, 2.75) is 20.1 Å². The van der Waals surface area contributed by atoms with Crippen molar-refractivity contribution in [3.8, 4) is 0 Å². The van der Waals surface area contributed by atoms with E-state index in [-0.39, 0.29) is 29.6 Å². The number of ether oxygens (including phenoxy) is 3. The number of hydrogen-bond donors (Lipinski definition) is 0. The number of methoxy groups -OCH3 is 2. The lowest BCUT2D eigenvalue weighted by Gasteiger charge is -2.19. The summed E-state index contributed by atoms with van der Waals surface area (Å²) in [5.41, 5.74) is 0.499. The summed E-state index contributed by atoms with van der Waals surface area (Å²) in [4.78, 5) is 23.7. The molecule has 0 saturated carbocycles. The van der Waals surface area contributed by atoms with E-state index >= 15 is 0 Å². The first kappa shape index (κ1) is 13.1. The highest BCUT2D eigenvalue weighted by Gasteiger charge is 2.56. The van der Waals surface area contributed by atoms with Crippen LogP contribution in [0.15, 0.2) is 11.6 Å². The van der Waals surface area contributed by atoms with Gasteiger partial charge in [0.25, 0.3) is 0 Å². The van der Waals surface area contributed by atoms with E-state index in [9.17, 15) is 9.59 Å². The Kier molecular flexibility index (Phi) is 3.43. The van der Waals surface area contributed by atoms with Crippen molar-refractivity contribution < 1.29 is 23.8 Å². The molecule has 100 valence electrons. The van der Waals surface area contributed by atoms with E-state index < -0.39 is 12.3 Å². The smallest absolute Gasteiger partial charge is 0.333 e. The van der Waals surface area contributed by atoms with Gasteiger partial charge in [0.05, 0.1) is 18.9 Å². The predicted octanol–water partition coefficient (Wildman–Crippen LogP) is 1.13. The first-order valence-corrected chi connectivity index (χ1v) is 6.04. The van der Waals surface area contributed by atoms with Crippen LogP contribution in [0.25, 0.3) is 0 Å². The molecule has 1 aliphatic heterocycles. The van der Waals surface area contributed by atoms with Crippen LogP contribution in [0.5, 0.6) is 0 Å². The van der Waals surface area contributed by atoms with Crippen molar-refractivity contribution in [3.63, 3.8) is 0 Å². The summed E-state index contributed by atoms with van der Waals surface area (Å²) in [6, 6.07) is 0. The fourth-order valence-electron chi connectivity index (χ4n) is 2.86. The second kappa shape index (κ2) is 4.72. The van der Waals surface area contributed by atoms with Gasteiger partial charge in [-0.05, 0) is 11.8 Å². The third kappa shape index (κ3) is 1.82. The number of carbonyl (C=O) groups is 2. The minimum absolute atomic E-state index is 0.00301. The molecule has 2 aliphatic rings. The summed E-state index contributed by atoms with van der Waals surface area (Å²) >= 11 is 0. The van der Waals surface area contributed by atoms with Crippen LogP contribution in [0, 0.1) is 23.7 Å². The van der Waals surface area contributed by atoms with Gasteiger partial charge < -0.3 is 14.2 Å². The highest BCUT2D eigenvalue weighted by molar-refractivity contribution is 5.93. The summed E-state index contributed by atoms with van der Waals surface area (Å²) < 4.78 is 15.1. The molecule has 0 aromatic rings. The fourth-order valence-corrected chi connectivity index (χ4v) is 2.86. The highest BCUT2D eigenvalue weighted by Crippen LogP contribution is 2.48. The van der Waals surface area contributed by atoms with Crippen LogP contribution in [0.4, 0.5) is 0 Å². The Bertz CT molecular complexity index is 398. The summed E-state index contributed by atoms with van der Waals surface area (Å²) in [6.07, 6.45) is 1.16. The van der Waals surface area contributed by atoms with Crippen molar-refractivity contribution in [3.05, 3.63) is 11.6 Å². The van der Waals surface area contributed by atoms with E-state index in [1.165, 1.54) is 14.2 Å². The molecule has 5 heteroatoms. The third-order valence-corrected chi connectivity index (χ3v) is 3.75. The quantitative estimate of drug-likeness (QED) is 0.707. The van der Waals surface area contributed by atoms with E-state index in [0.717, 1.165) is 0 Å². The molecule has 1 fully saturated rings. The zero-order valence-corrected chi connectivity index (χ0v) is 11.0. The normalized spacial score (nSPS) is 34.3. The Morgan fingerprint density at radius 3 is 2.50 bits per heavy atom. The van der Waals surface area contributed by atoms with Crippen LogP contribution >= 0.6 is 0 Å². The summed E-state index contributed by atoms with van der Waals surface area (Å²) in [5, 5.41) is 0. The molecule has 0 unspecified atom stereocenters. The molecular weight excluding hydrogens is 236 g/mol. The first-order valence-electron chi connectivity index (χ1n) is 6.04. The minimum Gasteiger partial charge on any atom is -0.466 e. The van der Waals surface area contributed by atoms with Crippen molar-refractivity contribution in [2.75, 3.05) is 14.2 Å². The molecule has 0 radical (unpaired) electrons. The molecule has 1 heterocycles. The van der Waals surface area contributed by atoms with Crippen molar-refractivity contribution in [2.24, 2.45) is 23.7 Å². The van der Waals surface area contributed by atoms with E-state index in [4.69, 9.17) is 14.2 Å². The van der Waals surface area contributed by atoms with Gasteiger partial charge >= 0.3 is 11.9 Å². The van der Waals surface area contributed by atoms with E-state index in [2.05, 4.69) is 0 Å². The van der Waals surface area contributed by atoms with Crippen LogP contribution < -0.4 is 0 Å². The highest BCUT2D eigenvalue weighted by atomic mass is 16.7. The molecule has 0 bridgehead atoms. The average Bonchev–Trinajstić information content (AvgIpc) is 2.87. The summed E-state index contributed by atoms with van der Waals surface area (Å²) in [5.74, 6) is -1.12. The third-order valence-electron chi connectivity index (χ3n) is 3.75. The largest absolute Gasteiger partial charge is 0.466 e. The summed E-state index contributed by atoms with van der Waals surface area (Å²) in [6.45, 7) is 4.04. The van der Waals surface area contributed by atoms with Gasteiger partial charge in [0.15, 0.2) is 0 Å². The lowest BCUT2D eigenvalue weighted by atomic mass is 9.82. The van der Waals surface area contributed by atoms with Crippen molar-refractivity contribution in [1.29, 1.82) is 0 Å². The monoisotopic (exact) mass is 254 g/mol. The van der Waals surface area contributed by atoms with Gasteiger partial charge in [0, 0.05) is 12.7 Å². The summed E-state index contributed by atoms with van der Waals surface area (Å²) in [7, 11) is 2.80. The van der Waals surface area contributed by atoms with Crippen LogP contribution in [0.3, 0.4) is 0 Å². The molecule has 4 atom stereocenters. The SMILES string of the molecule is COC(=O)C1=C[C@H](C(C)C)[C@@H]2C(=O)O[C@@H](OC)[C@H]12. The second-order valence-electron chi connectivity index (χ2n) is 5.03. The van der Waals surface area contributed by atoms with Crippen molar-refractivity contribution >= 4 is 11.9 Å². The van der Waals surface area contributed by atoms with E-state index in [1.807, 2.05) is 19.9 Å². The zero-order chi connectivity index (χ0) is 13.4. The fraction of sp³-hybridized carbons (Fsp3) is 0.692. The van der Waals surface area contributed by atoms with Crippen molar-refractivity contribution in [1.82, 2.24) is 0 Å². The Morgan fingerprint density at radius 2 is 2.00 bits per heavy atom. The average molecular weight is 254 g/mol. The number of allylic oxidation sites excluding steroid dienone is 1. The van der Waals surface area contributed by atoms with Crippen LogP contribution in [-0.4, -0.2) is 32.4 Å². The second-order valence-corrected chi connectivity index (χ2v) is 5.03. The van der Waals surface area contributed by atoms with E-state index in [1.54, 1.807) is 0 Å². The number of carbonyl (C=O) groups excluding carboxylic acids is 2. The number of esters is 2. The Morgan fingerprint density at radius 1 is 1.33 bits per heavy atom. The van der Waals surface area contributed by atoms with Gasteiger partial charge in [0.2, 0.25) is 6.29 Å². The predicted molar refractivity (Wildman–Crippen MR) is 62.3 cm³/mol. The molecule has 1 aliphatic carbocycles. The molecule has 0 aromatic heterocycles. The molecule has 0 amide bonds. The minimum atomic E-state index is -0.684. The number of fused-ring (bicyclic) bond motifs is 1. The molecule has 0 spiro atoms. The zero-order valence-electron chi connectivity index (χ0n) is 11.0.